The van der Waals surface area contributed by atoms with Gasteiger partial charge in [0.05, 0.1) is 6.04 Å². The molecule has 0 aliphatic carbocycles. The molecule has 1 heterocycles. The van der Waals surface area contributed by atoms with Crippen LogP contribution in [0.1, 0.15) is 23.1 Å². The molecule has 1 aliphatic heterocycles. The number of carbonyl (C=O) groups is 1. The second-order valence-corrected chi connectivity index (χ2v) is 5.27. The molecule has 0 saturated carbocycles. The summed E-state index contributed by atoms with van der Waals surface area (Å²) in [6.07, 6.45) is 0. The number of aliphatic carboxylic acids is 1. The fraction of sp³-hybridized carbons (Fsp3) is 0.235. The number of hydrogen-bond acceptors (Lipinski definition) is 4. The molecule has 2 aromatic rings. The van der Waals surface area contributed by atoms with Gasteiger partial charge in [0.1, 0.15) is 5.75 Å². The molecule has 0 aromatic heterocycles. The minimum absolute atomic E-state index is 0.215. The number of rotatable bonds is 5. The normalized spacial score (nSPS) is 20.7. The van der Waals surface area contributed by atoms with E-state index in [0.717, 1.165) is 6.54 Å². The second kappa shape index (κ2) is 6.60. The van der Waals surface area contributed by atoms with Crippen molar-refractivity contribution in [3.8, 4) is 5.75 Å². The van der Waals surface area contributed by atoms with E-state index in [1.807, 2.05) is 42.5 Å². The van der Waals surface area contributed by atoms with Crippen molar-refractivity contribution in [1.82, 2.24) is 10.9 Å². The first-order chi connectivity index (χ1) is 10.7. The summed E-state index contributed by atoms with van der Waals surface area (Å²) in [7, 11) is 0. The van der Waals surface area contributed by atoms with Crippen LogP contribution in [0.25, 0.3) is 0 Å². The third-order valence-electron chi connectivity index (χ3n) is 3.81. The van der Waals surface area contributed by atoms with Crippen molar-refractivity contribution < 1.29 is 14.6 Å². The summed E-state index contributed by atoms with van der Waals surface area (Å²) in [4.78, 5) is 10.5. The monoisotopic (exact) mass is 298 g/mol. The molecular weight excluding hydrogens is 280 g/mol. The molecular formula is C17H18N2O3. The highest BCUT2D eigenvalue weighted by molar-refractivity contribution is 5.68. The number of carboxylic acid groups (broad SMARTS) is 1. The molecule has 3 N–H and O–H groups in total. The molecule has 1 aliphatic rings. The highest BCUT2D eigenvalue weighted by atomic mass is 16.5. The van der Waals surface area contributed by atoms with E-state index < -0.39 is 5.97 Å². The van der Waals surface area contributed by atoms with Crippen molar-refractivity contribution >= 4 is 5.97 Å². The molecule has 0 bridgehead atoms. The van der Waals surface area contributed by atoms with Gasteiger partial charge in [-0.2, -0.15) is 0 Å². The predicted molar refractivity (Wildman–Crippen MR) is 82.6 cm³/mol. The Labute approximate surface area is 128 Å². The van der Waals surface area contributed by atoms with Crippen molar-refractivity contribution in [2.45, 2.75) is 12.0 Å². The van der Waals surface area contributed by atoms with Crippen molar-refractivity contribution in [3.63, 3.8) is 0 Å². The fourth-order valence-corrected chi connectivity index (χ4v) is 2.74. The van der Waals surface area contributed by atoms with Crippen molar-refractivity contribution in [1.29, 1.82) is 0 Å². The maximum Gasteiger partial charge on any atom is 0.341 e. The van der Waals surface area contributed by atoms with E-state index in [1.54, 1.807) is 0 Å². The Morgan fingerprint density at radius 2 is 1.82 bits per heavy atom. The standard InChI is InChI=1S/C17H18N2O3/c20-16(21)11-22-14-8-6-12(7-9-14)15-10-18-19-17(15)13-4-2-1-3-5-13/h1-9,15,17-19H,10-11H2,(H,20,21). The summed E-state index contributed by atoms with van der Waals surface area (Å²) in [5.41, 5.74) is 8.96. The third kappa shape index (κ3) is 3.27. The Morgan fingerprint density at radius 3 is 2.50 bits per heavy atom. The SMILES string of the molecule is O=C(O)COc1ccc(C2CNNC2c2ccccc2)cc1. The van der Waals surface area contributed by atoms with Crippen LogP contribution < -0.4 is 15.6 Å². The van der Waals surface area contributed by atoms with E-state index in [-0.39, 0.29) is 12.6 Å². The number of hydrogen-bond donors (Lipinski definition) is 3. The summed E-state index contributed by atoms with van der Waals surface area (Å²) in [5, 5.41) is 8.62. The van der Waals surface area contributed by atoms with E-state index in [0.29, 0.717) is 11.7 Å². The molecule has 114 valence electrons. The maximum absolute atomic E-state index is 10.5. The van der Waals surface area contributed by atoms with Gasteiger partial charge >= 0.3 is 5.97 Å². The number of ether oxygens (including phenoxy) is 1. The lowest BCUT2D eigenvalue weighted by atomic mass is 9.89. The summed E-state index contributed by atoms with van der Waals surface area (Å²) < 4.78 is 5.17. The molecule has 2 aromatic carbocycles. The van der Waals surface area contributed by atoms with Crippen LogP contribution in [-0.2, 0) is 4.79 Å². The van der Waals surface area contributed by atoms with Gasteiger partial charge in [0.15, 0.2) is 6.61 Å². The first-order valence-corrected chi connectivity index (χ1v) is 7.22. The highest BCUT2D eigenvalue weighted by Gasteiger charge is 2.29. The number of carboxylic acids is 1. The average Bonchev–Trinajstić information content (AvgIpc) is 3.04. The largest absolute Gasteiger partial charge is 0.482 e. The lowest BCUT2D eigenvalue weighted by molar-refractivity contribution is -0.139. The van der Waals surface area contributed by atoms with Gasteiger partial charge in [0, 0.05) is 12.5 Å². The van der Waals surface area contributed by atoms with Crippen LogP contribution in [0.2, 0.25) is 0 Å². The van der Waals surface area contributed by atoms with E-state index in [2.05, 4.69) is 23.0 Å². The Bertz CT molecular complexity index is 628. The predicted octanol–water partition coefficient (Wildman–Crippen LogP) is 2.08. The van der Waals surface area contributed by atoms with Crippen LogP contribution in [0.5, 0.6) is 5.75 Å². The van der Waals surface area contributed by atoms with Gasteiger partial charge in [0.25, 0.3) is 0 Å². The highest BCUT2D eigenvalue weighted by Crippen LogP contribution is 2.33. The zero-order chi connectivity index (χ0) is 15.4. The molecule has 1 fully saturated rings. The second-order valence-electron chi connectivity index (χ2n) is 5.27. The zero-order valence-corrected chi connectivity index (χ0v) is 12.0. The quantitative estimate of drug-likeness (QED) is 0.788. The number of benzene rings is 2. The summed E-state index contributed by atoms with van der Waals surface area (Å²) >= 11 is 0. The summed E-state index contributed by atoms with van der Waals surface area (Å²) in [5.74, 6) is -0.0883. The molecule has 5 nitrogen and oxygen atoms in total. The van der Waals surface area contributed by atoms with E-state index in [1.165, 1.54) is 11.1 Å². The van der Waals surface area contributed by atoms with Crippen molar-refractivity contribution in [2.75, 3.05) is 13.2 Å². The molecule has 0 radical (unpaired) electrons. The van der Waals surface area contributed by atoms with Gasteiger partial charge in [-0.1, -0.05) is 42.5 Å². The average molecular weight is 298 g/mol. The summed E-state index contributed by atoms with van der Waals surface area (Å²) in [6, 6.07) is 18.1. The van der Waals surface area contributed by atoms with Crippen LogP contribution >= 0.6 is 0 Å². The van der Waals surface area contributed by atoms with Gasteiger partial charge in [-0.25, -0.2) is 10.2 Å². The van der Waals surface area contributed by atoms with E-state index in [9.17, 15) is 4.79 Å². The molecule has 3 rings (SSSR count). The summed E-state index contributed by atoms with van der Waals surface area (Å²) in [6.45, 7) is 0.521. The minimum Gasteiger partial charge on any atom is -0.482 e. The van der Waals surface area contributed by atoms with Gasteiger partial charge in [0.2, 0.25) is 0 Å². The molecule has 2 atom stereocenters. The van der Waals surface area contributed by atoms with Crippen LogP contribution in [-0.4, -0.2) is 24.2 Å². The molecule has 2 unspecified atom stereocenters. The molecule has 0 amide bonds. The van der Waals surface area contributed by atoms with Gasteiger partial charge in [-0.15, -0.1) is 0 Å². The molecule has 5 heteroatoms. The Balaban J connectivity index is 1.74. The van der Waals surface area contributed by atoms with E-state index >= 15 is 0 Å². The van der Waals surface area contributed by atoms with Crippen molar-refractivity contribution in [2.24, 2.45) is 0 Å². The van der Waals surface area contributed by atoms with Gasteiger partial charge in [-0.05, 0) is 23.3 Å². The molecule has 1 saturated heterocycles. The Morgan fingerprint density at radius 1 is 1.09 bits per heavy atom. The van der Waals surface area contributed by atoms with Crippen molar-refractivity contribution in [3.05, 3.63) is 65.7 Å². The molecule has 0 spiro atoms. The lowest BCUT2D eigenvalue weighted by Crippen LogP contribution is -2.24. The van der Waals surface area contributed by atoms with Crippen LogP contribution in [0.15, 0.2) is 54.6 Å². The van der Waals surface area contributed by atoms with Crippen LogP contribution in [0, 0.1) is 0 Å². The first kappa shape index (κ1) is 14.6. The lowest BCUT2D eigenvalue weighted by Gasteiger charge is -2.19. The third-order valence-corrected chi connectivity index (χ3v) is 3.81. The topological polar surface area (TPSA) is 70.6 Å². The first-order valence-electron chi connectivity index (χ1n) is 7.22. The van der Waals surface area contributed by atoms with Crippen LogP contribution in [0.4, 0.5) is 0 Å². The number of nitrogens with one attached hydrogen (secondary N) is 2. The molecule has 22 heavy (non-hydrogen) atoms. The van der Waals surface area contributed by atoms with Gasteiger partial charge < -0.3 is 9.84 Å². The fourth-order valence-electron chi connectivity index (χ4n) is 2.74. The Kier molecular flexibility index (Phi) is 4.37. The zero-order valence-electron chi connectivity index (χ0n) is 12.0. The van der Waals surface area contributed by atoms with E-state index in [4.69, 9.17) is 9.84 Å². The smallest absolute Gasteiger partial charge is 0.341 e. The van der Waals surface area contributed by atoms with Crippen LogP contribution in [0.3, 0.4) is 0 Å². The van der Waals surface area contributed by atoms with Gasteiger partial charge in [-0.3, -0.25) is 5.43 Å². The minimum atomic E-state index is -0.975. The maximum atomic E-state index is 10.5. The Hall–Kier alpha value is -2.37. The number of hydrazine groups is 1.